The number of hydrogen-bond acceptors (Lipinski definition) is 4. The molecular formula is C26H23F3N6O3. The molecule has 0 radical (unpaired) electrons. The van der Waals surface area contributed by atoms with Crippen LogP contribution < -0.4 is 11.4 Å². The summed E-state index contributed by atoms with van der Waals surface area (Å²) in [6, 6.07) is 18.0. The zero-order chi connectivity index (χ0) is 27.6. The lowest BCUT2D eigenvalue weighted by atomic mass is 10.0. The number of fused-ring (bicyclic) bond motifs is 2. The molecule has 0 bridgehead atoms. The van der Waals surface area contributed by atoms with Gasteiger partial charge in [0.25, 0.3) is 0 Å². The molecule has 6 N–H and O–H groups in total. The minimum atomic E-state index is -5.08. The van der Waals surface area contributed by atoms with Gasteiger partial charge < -0.3 is 25.8 Å². The van der Waals surface area contributed by atoms with Crippen LogP contribution in [0.1, 0.15) is 23.5 Å². The second-order valence-corrected chi connectivity index (χ2v) is 8.46. The van der Waals surface area contributed by atoms with E-state index in [1.54, 1.807) is 0 Å². The molecule has 5 aromatic rings. The predicted octanol–water partition coefficient (Wildman–Crippen LogP) is 4.50. The summed E-state index contributed by atoms with van der Waals surface area (Å²) >= 11 is 0. The van der Waals surface area contributed by atoms with Gasteiger partial charge in [0.2, 0.25) is 0 Å². The first-order valence-electron chi connectivity index (χ1n) is 11.5. The average Bonchev–Trinajstić information content (AvgIpc) is 3.51. The molecule has 3 aromatic heterocycles. The number of para-hydroxylation sites is 2. The van der Waals surface area contributed by atoms with Gasteiger partial charge in [-0.2, -0.15) is 18.4 Å². The second-order valence-electron chi connectivity index (χ2n) is 8.46. The van der Waals surface area contributed by atoms with Gasteiger partial charge in [0.05, 0.1) is 11.4 Å². The largest absolute Gasteiger partial charge is 0.490 e. The standard InChI is InChI=1S/C24H22N6O.C2HF3O2/c1-14-23(16-8-3-5-10-18(16)27-14)30-20(13-26)22(29-24(30)31)21-15-7-2-4-9-17(15)28-19(21)11-6-12-25;3-2(4,5)1(6)7/h2-5,7-10,27-28H,6,11-12,25H2,1H3,(H,29,31);(H,6,7). The lowest BCUT2D eigenvalue weighted by Crippen LogP contribution is -2.21. The zero-order valence-corrected chi connectivity index (χ0v) is 20.1. The minimum absolute atomic E-state index is 0.289. The van der Waals surface area contributed by atoms with Crippen molar-refractivity contribution in [1.82, 2.24) is 19.5 Å². The summed E-state index contributed by atoms with van der Waals surface area (Å²) in [6.07, 6.45) is -3.56. The highest BCUT2D eigenvalue weighted by atomic mass is 19.4. The second kappa shape index (κ2) is 10.3. The van der Waals surface area contributed by atoms with Crippen molar-refractivity contribution >= 4 is 27.8 Å². The number of H-pyrrole nitrogens is 3. The van der Waals surface area contributed by atoms with E-state index in [0.717, 1.165) is 51.6 Å². The van der Waals surface area contributed by atoms with Gasteiger partial charge in [0.1, 0.15) is 6.07 Å². The number of rotatable bonds is 5. The van der Waals surface area contributed by atoms with Crippen LogP contribution in [0.25, 0.3) is 38.8 Å². The Kier molecular flexibility index (Phi) is 7.14. The molecule has 2 aromatic carbocycles. The van der Waals surface area contributed by atoms with Gasteiger partial charge in [-0.05, 0) is 38.4 Å². The van der Waals surface area contributed by atoms with Gasteiger partial charge in [-0.15, -0.1) is 0 Å². The first-order valence-corrected chi connectivity index (χ1v) is 11.5. The molecule has 5 rings (SSSR count). The summed E-state index contributed by atoms with van der Waals surface area (Å²) in [6.45, 7) is 2.47. The number of benzene rings is 2. The van der Waals surface area contributed by atoms with Gasteiger partial charge in [-0.25, -0.2) is 14.2 Å². The molecule has 0 aliphatic rings. The van der Waals surface area contributed by atoms with Crippen LogP contribution in [0, 0.1) is 18.3 Å². The number of carboxylic acid groups (broad SMARTS) is 1. The number of nitrogens with one attached hydrogen (secondary N) is 3. The number of nitrogens with two attached hydrogens (primary N) is 1. The summed E-state index contributed by atoms with van der Waals surface area (Å²) in [7, 11) is 0. The van der Waals surface area contributed by atoms with Gasteiger partial charge in [-0.3, -0.25) is 0 Å². The van der Waals surface area contributed by atoms with Crippen molar-refractivity contribution in [2.75, 3.05) is 6.54 Å². The van der Waals surface area contributed by atoms with Crippen LogP contribution in [0.15, 0.2) is 53.3 Å². The maximum atomic E-state index is 13.2. The Bertz CT molecular complexity index is 1730. The van der Waals surface area contributed by atoms with Crippen LogP contribution in [0.3, 0.4) is 0 Å². The molecule has 9 nitrogen and oxygen atoms in total. The van der Waals surface area contributed by atoms with Crippen LogP contribution in [0.5, 0.6) is 0 Å². The molecule has 0 saturated heterocycles. The quantitative estimate of drug-likeness (QED) is 0.229. The molecule has 196 valence electrons. The van der Waals surface area contributed by atoms with Crippen LogP contribution in [0.4, 0.5) is 13.2 Å². The number of imidazole rings is 1. The van der Waals surface area contributed by atoms with Gasteiger partial charge in [0.15, 0.2) is 5.69 Å². The van der Waals surface area contributed by atoms with Gasteiger partial charge in [0, 0.05) is 38.8 Å². The predicted molar refractivity (Wildman–Crippen MR) is 136 cm³/mol. The number of aliphatic carboxylic acids is 1. The number of halogens is 3. The number of aryl methyl sites for hydroxylation is 2. The van der Waals surface area contributed by atoms with Crippen molar-refractivity contribution in [2.24, 2.45) is 5.73 Å². The third kappa shape index (κ3) is 4.79. The normalized spacial score (nSPS) is 11.4. The highest BCUT2D eigenvalue weighted by Crippen LogP contribution is 2.35. The van der Waals surface area contributed by atoms with Crippen molar-refractivity contribution in [3.8, 4) is 23.0 Å². The Morgan fingerprint density at radius 2 is 1.63 bits per heavy atom. The fraction of sp³-hybridized carbons (Fsp3) is 0.192. The fourth-order valence-electron chi connectivity index (χ4n) is 4.44. The molecule has 12 heteroatoms. The topological polar surface area (TPSA) is 156 Å². The van der Waals surface area contributed by atoms with E-state index in [-0.39, 0.29) is 11.4 Å². The number of hydrogen-bond donors (Lipinski definition) is 5. The summed E-state index contributed by atoms with van der Waals surface area (Å²) in [5.41, 5.74) is 11.5. The number of nitriles is 1. The van der Waals surface area contributed by atoms with E-state index < -0.39 is 12.1 Å². The number of carboxylic acids is 1. The van der Waals surface area contributed by atoms with Crippen LogP contribution in [-0.2, 0) is 11.2 Å². The monoisotopic (exact) mass is 524 g/mol. The maximum absolute atomic E-state index is 13.2. The zero-order valence-electron chi connectivity index (χ0n) is 20.1. The average molecular weight is 525 g/mol. The molecule has 0 unspecified atom stereocenters. The van der Waals surface area contributed by atoms with E-state index in [9.17, 15) is 23.2 Å². The summed E-state index contributed by atoms with van der Waals surface area (Å²) < 4.78 is 33.2. The molecule has 0 fully saturated rings. The van der Waals surface area contributed by atoms with E-state index in [0.29, 0.717) is 17.9 Å². The van der Waals surface area contributed by atoms with Crippen LogP contribution >= 0.6 is 0 Å². The molecule has 0 aliphatic carbocycles. The van der Waals surface area contributed by atoms with Crippen molar-refractivity contribution in [3.63, 3.8) is 0 Å². The van der Waals surface area contributed by atoms with Gasteiger partial charge in [-0.1, -0.05) is 36.4 Å². The molecule has 38 heavy (non-hydrogen) atoms. The first-order chi connectivity index (χ1) is 18.1. The third-order valence-corrected chi connectivity index (χ3v) is 5.99. The Labute approximate surface area is 213 Å². The third-order valence-electron chi connectivity index (χ3n) is 5.99. The minimum Gasteiger partial charge on any atom is -0.475 e. The molecule has 3 heterocycles. The van der Waals surface area contributed by atoms with Crippen molar-refractivity contribution in [1.29, 1.82) is 5.26 Å². The number of alkyl halides is 3. The number of aromatic nitrogens is 4. The highest BCUT2D eigenvalue weighted by molar-refractivity contribution is 5.98. The van der Waals surface area contributed by atoms with E-state index in [1.807, 2.05) is 55.5 Å². The molecule has 0 amide bonds. The Balaban J connectivity index is 0.000000426. The lowest BCUT2D eigenvalue weighted by Gasteiger charge is -2.06. The van der Waals surface area contributed by atoms with Crippen molar-refractivity contribution < 1.29 is 23.1 Å². The molecule has 0 aliphatic heterocycles. The molecule has 0 atom stereocenters. The fourth-order valence-corrected chi connectivity index (χ4v) is 4.44. The van der Waals surface area contributed by atoms with E-state index >= 15 is 0 Å². The summed E-state index contributed by atoms with van der Waals surface area (Å²) in [5.74, 6) is -2.76. The first kappa shape index (κ1) is 26.3. The highest BCUT2D eigenvalue weighted by Gasteiger charge is 2.38. The molecule has 0 saturated carbocycles. The number of aromatic amines is 3. The lowest BCUT2D eigenvalue weighted by molar-refractivity contribution is -0.192. The smallest absolute Gasteiger partial charge is 0.475 e. The summed E-state index contributed by atoms with van der Waals surface area (Å²) in [5, 5.41) is 19.1. The Morgan fingerprint density at radius 1 is 1.05 bits per heavy atom. The van der Waals surface area contributed by atoms with Crippen molar-refractivity contribution in [2.45, 2.75) is 25.9 Å². The van der Waals surface area contributed by atoms with Crippen LogP contribution in [0.2, 0.25) is 0 Å². The van der Waals surface area contributed by atoms with E-state index in [1.165, 1.54) is 4.57 Å². The van der Waals surface area contributed by atoms with Crippen LogP contribution in [-0.4, -0.2) is 43.3 Å². The summed E-state index contributed by atoms with van der Waals surface area (Å²) in [4.78, 5) is 31.8. The van der Waals surface area contributed by atoms with Crippen molar-refractivity contribution in [3.05, 3.63) is 76.1 Å². The Hall–Kier alpha value is -4.76. The Morgan fingerprint density at radius 3 is 2.21 bits per heavy atom. The van der Waals surface area contributed by atoms with E-state index in [4.69, 9.17) is 15.6 Å². The van der Waals surface area contributed by atoms with Gasteiger partial charge >= 0.3 is 17.8 Å². The number of carbonyl (C=O) groups is 1. The van der Waals surface area contributed by atoms with E-state index in [2.05, 4.69) is 21.0 Å². The SMILES string of the molecule is Cc1[nH]c2ccccc2c1-n1c(C#N)c(-c2c(CCCN)[nH]c3ccccc23)[nH]c1=O.O=C(O)C(F)(F)F. The number of nitrogens with zero attached hydrogens (tertiary/aromatic N) is 2. The maximum Gasteiger partial charge on any atom is 0.490 e. The molecular weight excluding hydrogens is 501 g/mol. The molecule has 0 spiro atoms.